The highest BCUT2D eigenvalue weighted by Crippen LogP contribution is 2.24. The van der Waals surface area contributed by atoms with Crippen molar-refractivity contribution in [2.24, 2.45) is 11.7 Å². The van der Waals surface area contributed by atoms with Crippen molar-refractivity contribution in [2.75, 3.05) is 13.6 Å². The van der Waals surface area contributed by atoms with Gasteiger partial charge in [-0.2, -0.15) is 0 Å². The number of hydrogen-bond acceptors (Lipinski definition) is 3. The van der Waals surface area contributed by atoms with Crippen LogP contribution in [0.5, 0.6) is 5.75 Å². The number of primary amides is 1. The van der Waals surface area contributed by atoms with E-state index < -0.39 is 17.7 Å². The number of aromatic nitrogens is 1. The first-order valence-electron chi connectivity index (χ1n) is 10.8. The summed E-state index contributed by atoms with van der Waals surface area (Å²) in [5.41, 5.74) is 6.96. The zero-order valence-electron chi connectivity index (χ0n) is 19.8. The molecule has 0 fully saturated rings. The predicted octanol–water partition coefficient (Wildman–Crippen LogP) is 5.32. The summed E-state index contributed by atoms with van der Waals surface area (Å²) >= 11 is 3.29. The van der Waals surface area contributed by atoms with Gasteiger partial charge in [0, 0.05) is 43.5 Å². The minimum Gasteiger partial charge on any atom is -0.487 e. The molecule has 0 radical (unpaired) electrons. The number of ether oxygens (including phenoxy) is 1. The lowest BCUT2D eigenvalue weighted by molar-refractivity contribution is 0.221. The quantitative estimate of drug-likeness (QED) is 0.417. The number of nitrogens with two attached hydrogens (primary N) is 1. The van der Waals surface area contributed by atoms with Crippen LogP contribution in [-0.2, 0) is 13.2 Å². The molecule has 2 amide bonds. The second kappa shape index (κ2) is 12.5. The third-order valence-corrected chi connectivity index (χ3v) is 6.08. The van der Waals surface area contributed by atoms with Gasteiger partial charge in [0.05, 0.1) is 0 Å². The van der Waals surface area contributed by atoms with Gasteiger partial charge in [-0.05, 0) is 54.2 Å². The van der Waals surface area contributed by atoms with Crippen LogP contribution in [0, 0.1) is 24.5 Å². The first-order valence-corrected chi connectivity index (χ1v) is 11.6. The van der Waals surface area contributed by atoms with E-state index in [9.17, 15) is 18.4 Å². The van der Waals surface area contributed by atoms with E-state index in [1.165, 1.54) is 11.0 Å². The first-order chi connectivity index (χ1) is 16.0. The number of aryl methyl sites for hydroxylation is 1. The normalized spacial score (nSPS) is 12.7. The molecule has 0 saturated heterocycles. The molecule has 1 heterocycles. The van der Waals surface area contributed by atoms with Crippen LogP contribution in [0.2, 0.25) is 0 Å². The van der Waals surface area contributed by atoms with Gasteiger partial charge in [0.2, 0.25) is 0 Å². The van der Waals surface area contributed by atoms with Gasteiger partial charge in [0.25, 0.3) is 5.56 Å². The standard InChI is InChI=1S/C25H30BrF2N3O3/c1-5-18(14-30(4)25(29)33)8-6-7-16(2)13-31-17(3)11-22(23(26)24(31)32)34-15-19-9-10-20(27)12-21(19)28/h5-7,9-12,16H,8,13-15H2,1-4H3,(H2,29,33)/b7-6-,18-5+. The smallest absolute Gasteiger partial charge is 0.314 e. The molecule has 2 aromatic rings. The fourth-order valence-electron chi connectivity index (χ4n) is 3.30. The molecule has 0 aliphatic carbocycles. The average Bonchev–Trinajstić information content (AvgIpc) is 2.78. The molecule has 0 aliphatic rings. The van der Waals surface area contributed by atoms with Crippen LogP contribution in [-0.4, -0.2) is 29.1 Å². The lowest BCUT2D eigenvalue weighted by Gasteiger charge is -2.17. The summed E-state index contributed by atoms with van der Waals surface area (Å²) in [4.78, 5) is 25.6. The van der Waals surface area contributed by atoms with Crippen molar-refractivity contribution in [1.29, 1.82) is 0 Å². The highest BCUT2D eigenvalue weighted by Gasteiger charge is 2.14. The van der Waals surface area contributed by atoms with Gasteiger partial charge in [-0.25, -0.2) is 13.6 Å². The Bertz CT molecular complexity index is 1140. The highest BCUT2D eigenvalue weighted by atomic mass is 79.9. The molecular formula is C25H30BrF2N3O3. The number of carbonyl (C=O) groups excluding carboxylic acids is 1. The highest BCUT2D eigenvalue weighted by molar-refractivity contribution is 9.10. The van der Waals surface area contributed by atoms with Crippen molar-refractivity contribution in [3.05, 3.63) is 85.8 Å². The van der Waals surface area contributed by atoms with Crippen molar-refractivity contribution < 1.29 is 18.3 Å². The Kier molecular flexibility index (Phi) is 10.0. The van der Waals surface area contributed by atoms with Crippen molar-refractivity contribution in [2.45, 2.75) is 40.3 Å². The molecule has 0 aliphatic heterocycles. The Morgan fingerprint density at radius 2 is 2.03 bits per heavy atom. The summed E-state index contributed by atoms with van der Waals surface area (Å²) in [5.74, 6) is -1.01. The van der Waals surface area contributed by atoms with Crippen LogP contribution in [0.25, 0.3) is 0 Å². The third-order valence-electron chi connectivity index (χ3n) is 5.35. The molecule has 2 N–H and O–H groups in total. The van der Waals surface area contributed by atoms with E-state index in [1.54, 1.807) is 24.6 Å². The zero-order chi connectivity index (χ0) is 25.4. The van der Waals surface area contributed by atoms with Gasteiger partial charge in [0.15, 0.2) is 0 Å². The molecule has 0 saturated carbocycles. The van der Waals surface area contributed by atoms with Crippen LogP contribution < -0.4 is 16.0 Å². The number of allylic oxidation sites excluding steroid dienone is 3. The number of benzene rings is 1. The lowest BCUT2D eigenvalue weighted by Crippen LogP contribution is -2.33. The molecule has 34 heavy (non-hydrogen) atoms. The second-order valence-electron chi connectivity index (χ2n) is 8.15. The maximum absolute atomic E-state index is 13.9. The number of rotatable bonds is 10. The maximum Gasteiger partial charge on any atom is 0.314 e. The summed E-state index contributed by atoms with van der Waals surface area (Å²) in [6.45, 7) is 6.50. The molecule has 2 rings (SSSR count). The number of amides is 2. The second-order valence-corrected chi connectivity index (χ2v) is 8.95. The van der Waals surface area contributed by atoms with E-state index in [4.69, 9.17) is 10.5 Å². The van der Waals surface area contributed by atoms with Gasteiger partial charge >= 0.3 is 6.03 Å². The summed E-state index contributed by atoms with van der Waals surface area (Å²) in [7, 11) is 1.65. The molecule has 1 aromatic carbocycles. The summed E-state index contributed by atoms with van der Waals surface area (Å²) < 4.78 is 34.5. The number of likely N-dealkylation sites (N-methyl/N-ethyl adjacent to an activating group) is 1. The first kappa shape index (κ1) is 27.3. The SMILES string of the molecule is C/C=C(\C/C=C\C(C)Cn1c(C)cc(OCc2ccc(F)cc2F)c(Br)c1=O)CN(C)C(N)=O. The van der Waals surface area contributed by atoms with Crippen LogP contribution in [0.15, 0.2) is 57.3 Å². The number of nitrogens with zero attached hydrogens (tertiary/aromatic N) is 2. The van der Waals surface area contributed by atoms with E-state index >= 15 is 0 Å². The van der Waals surface area contributed by atoms with Crippen LogP contribution in [0.3, 0.4) is 0 Å². The van der Waals surface area contributed by atoms with Gasteiger partial charge in [-0.3, -0.25) is 4.79 Å². The molecule has 6 nitrogen and oxygen atoms in total. The Morgan fingerprint density at radius 3 is 2.65 bits per heavy atom. The number of halogens is 3. The monoisotopic (exact) mass is 537 g/mol. The van der Waals surface area contributed by atoms with E-state index in [2.05, 4.69) is 15.9 Å². The lowest BCUT2D eigenvalue weighted by atomic mass is 10.1. The molecule has 0 bridgehead atoms. The minimum atomic E-state index is -0.704. The number of carbonyl (C=O) groups is 1. The molecule has 1 unspecified atom stereocenters. The van der Waals surface area contributed by atoms with Crippen LogP contribution in [0.1, 0.15) is 31.5 Å². The Balaban J connectivity index is 2.05. The van der Waals surface area contributed by atoms with Crippen LogP contribution >= 0.6 is 15.9 Å². The third kappa shape index (κ3) is 7.55. The van der Waals surface area contributed by atoms with Crippen LogP contribution in [0.4, 0.5) is 13.6 Å². The van der Waals surface area contributed by atoms with Gasteiger partial charge in [-0.1, -0.05) is 30.7 Å². The molecule has 9 heteroatoms. The molecule has 1 atom stereocenters. The van der Waals surface area contributed by atoms with Crippen molar-refractivity contribution >= 4 is 22.0 Å². The van der Waals surface area contributed by atoms with E-state index in [0.717, 1.165) is 17.7 Å². The van der Waals surface area contributed by atoms with E-state index in [-0.39, 0.29) is 28.1 Å². The average molecular weight is 538 g/mol. The van der Waals surface area contributed by atoms with E-state index in [0.29, 0.717) is 31.0 Å². The number of pyridine rings is 1. The fourth-order valence-corrected chi connectivity index (χ4v) is 3.74. The Labute approximate surface area is 206 Å². The minimum absolute atomic E-state index is 0.0651. The molecule has 184 valence electrons. The summed E-state index contributed by atoms with van der Waals surface area (Å²) in [5, 5.41) is 0. The largest absolute Gasteiger partial charge is 0.487 e. The zero-order valence-corrected chi connectivity index (χ0v) is 21.4. The van der Waals surface area contributed by atoms with E-state index in [1.807, 2.05) is 32.1 Å². The molecular weight excluding hydrogens is 508 g/mol. The van der Waals surface area contributed by atoms with Crippen molar-refractivity contribution in [3.63, 3.8) is 0 Å². The predicted molar refractivity (Wildman–Crippen MR) is 133 cm³/mol. The van der Waals surface area contributed by atoms with Crippen molar-refractivity contribution in [1.82, 2.24) is 9.47 Å². The molecule has 1 aromatic heterocycles. The number of urea groups is 1. The summed E-state index contributed by atoms with van der Waals surface area (Å²) in [6, 6.07) is 4.49. The molecule has 0 spiro atoms. The van der Waals surface area contributed by atoms with Crippen molar-refractivity contribution in [3.8, 4) is 5.75 Å². The van der Waals surface area contributed by atoms with Gasteiger partial charge in [-0.15, -0.1) is 0 Å². The van der Waals surface area contributed by atoms with Gasteiger partial charge in [0.1, 0.15) is 28.5 Å². The number of hydrogen-bond donors (Lipinski definition) is 1. The summed E-state index contributed by atoms with van der Waals surface area (Å²) in [6.07, 6.45) is 6.66. The Morgan fingerprint density at radius 1 is 1.32 bits per heavy atom. The van der Waals surface area contributed by atoms with Gasteiger partial charge < -0.3 is 19.9 Å². The fraction of sp³-hybridized carbons (Fsp3) is 0.360. The maximum atomic E-state index is 13.9. The topological polar surface area (TPSA) is 77.6 Å². The Hall–Kier alpha value is -2.94.